The standard InChI is InChI=1S/C23H20O3/c1-25-19-6-4-5-17(15-19)20-13-14-26-22-8-3-2-7-21(22)23(20)16-9-11-18(24)12-10-16/h2-12,15,24H,13-14H2,1H3. The second-order valence-electron chi connectivity index (χ2n) is 6.23. The molecule has 0 radical (unpaired) electrons. The number of fused-ring (bicyclic) bond motifs is 1. The van der Waals surface area contributed by atoms with Crippen LogP contribution < -0.4 is 9.47 Å². The van der Waals surface area contributed by atoms with Gasteiger partial charge >= 0.3 is 0 Å². The zero-order chi connectivity index (χ0) is 17.9. The number of benzene rings is 3. The molecule has 4 rings (SSSR count). The van der Waals surface area contributed by atoms with Crippen LogP contribution in [0.4, 0.5) is 0 Å². The summed E-state index contributed by atoms with van der Waals surface area (Å²) >= 11 is 0. The molecule has 3 aromatic rings. The number of hydrogen-bond acceptors (Lipinski definition) is 3. The molecule has 3 nitrogen and oxygen atoms in total. The highest BCUT2D eigenvalue weighted by Gasteiger charge is 2.21. The van der Waals surface area contributed by atoms with Gasteiger partial charge in [-0.25, -0.2) is 0 Å². The van der Waals surface area contributed by atoms with Gasteiger partial charge in [0, 0.05) is 12.0 Å². The minimum atomic E-state index is 0.260. The molecular weight excluding hydrogens is 324 g/mol. The summed E-state index contributed by atoms with van der Waals surface area (Å²) in [5.41, 5.74) is 5.57. The lowest BCUT2D eigenvalue weighted by Gasteiger charge is -2.16. The van der Waals surface area contributed by atoms with Crippen molar-refractivity contribution < 1.29 is 14.6 Å². The molecule has 0 bridgehead atoms. The van der Waals surface area contributed by atoms with Gasteiger partial charge in [-0.05, 0) is 52.6 Å². The minimum Gasteiger partial charge on any atom is -0.508 e. The molecule has 0 saturated heterocycles. The van der Waals surface area contributed by atoms with Gasteiger partial charge in [0.2, 0.25) is 0 Å². The minimum absolute atomic E-state index is 0.260. The third-order valence-corrected chi connectivity index (χ3v) is 4.64. The first-order valence-corrected chi connectivity index (χ1v) is 8.65. The van der Waals surface area contributed by atoms with Crippen molar-refractivity contribution in [1.82, 2.24) is 0 Å². The second-order valence-corrected chi connectivity index (χ2v) is 6.23. The van der Waals surface area contributed by atoms with Crippen molar-refractivity contribution >= 4 is 11.1 Å². The molecule has 0 atom stereocenters. The molecule has 1 aliphatic rings. The van der Waals surface area contributed by atoms with Gasteiger partial charge in [-0.2, -0.15) is 0 Å². The van der Waals surface area contributed by atoms with Gasteiger partial charge in [-0.15, -0.1) is 0 Å². The molecule has 1 N–H and O–H groups in total. The quantitative estimate of drug-likeness (QED) is 0.715. The van der Waals surface area contributed by atoms with Crippen LogP contribution in [0.25, 0.3) is 11.1 Å². The van der Waals surface area contributed by atoms with Gasteiger partial charge in [-0.1, -0.05) is 42.5 Å². The first-order valence-electron chi connectivity index (χ1n) is 8.65. The van der Waals surface area contributed by atoms with Crippen molar-refractivity contribution in [1.29, 1.82) is 0 Å². The second kappa shape index (κ2) is 6.96. The molecule has 1 aliphatic heterocycles. The predicted octanol–water partition coefficient (Wildman–Crippen LogP) is 5.14. The maximum absolute atomic E-state index is 9.70. The van der Waals surface area contributed by atoms with Gasteiger partial charge in [0.25, 0.3) is 0 Å². The summed E-state index contributed by atoms with van der Waals surface area (Å²) in [6.07, 6.45) is 0.790. The fourth-order valence-corrected chi connectivity index (χ4v) is 3.41. The average Bonchev–Trinajstić information content (AvgIpc) is 2.88. The average molecular weight is 344 g/mol. The van der Waals surface area contributed by atoms with Crippen LogP contribution in [-0.2, 0) is 0 Å². The van der Waals surface area contributed by atoms with E-state index in [1.54, 1.807) is 19.2 Å². The molecule has 0 saturated carbocycles. The Morgan fingerprint density at radius 2 is 1.69 bits per heavy atom. The van der Waals surface area contributed by atoms with Crippen LogP contribution in [0.15, 0.2) is 72.8 Å². The lowest BCUT2D eigenvalue weighted by atomic mass is 9.88. The van der Waals surface area contributed by atoms with E-state index in [-0.39, 0.29) is 5.75 Å². The third kappa shape index (κ3) is 3.04. The number of rotatable bonds is 3. The molecule has 26 heavy (non-hydrogen) atoms. The van der Waals surface area contributed by atoms with Crippen LogP contribution in [0.3, 0.4) is 0 Å². The summed E-state index contributed by atoms with van der Waals surface area (Å²) in [6, 6.07) is 23.6. The summed E-state index contributed by atoms with van der Waals surface area (Å²) < 4.78 is 11.4. The third-order valence-electron chi connectivity index (χ3n) is 4.64. The highest BCUT2D eigenvalue weighted by atomic mass is 16.5. The number of phenols is 1. The largest absolute Gasteiger partial charge is 0.508 e. The smallest absolute Gasteiger partial charge is 0.127 e. The molecule has 3 aromatic carbocycles. The van der Waals surface area contributed by atoms with E-state index in [0.717, 1.165) is 40.2 Å². The number of methoxy groups -OCH3 is 1. The van der Waals surface area contributed by atoms with E-state index in [4.69, 9.17) is 9.47 Å². The summed E-state index contributed by atoms with van der Waals surface area (Å²) in [7, 11) is 1.68. The van der Waals surface area contributed by atoms with Crippen LogP contribution in [0, 0.1) is 0 Å². The fourth-order valence-electron chi connectivity index (χ4n) is 3.41. The Balaban J connectivity index is 1.99. The molecule has 130 valence electrons. The van der Waals surface area contributed by atoms with Crippen molar-refractivity contribution in [3.63, 3.8) is 0 Å². The maximum Gasteiger partial charge on any atom is 0.127 e. The monoisotopic (exact) mass is 344 g/mol. The van der Waals surface area contributed by atoms with Gasteiger partial charge < -0.3 is 14.6 Å². The molecule has 0 aliphatic carbocycles. The Morgan fingerprint density at radius 3 is 2.50 bits per heavy atom. The highest BCUT2D eigenvalue weighted by Crippen LogP contribution is 2.41. The summed E-state index contributed by atoms with van der Waals surface area (Å²) in [4.78, 5) is 0. The SMILES string of the molecule is COc1cccc(C2=C(c3ccc(O)cc3)c3ccccc3OCC2)c1. The molecule has 0 amide bonds. The van der Waals surface area contributed by atoms with Gasteiger partial charge in [0.15, 0.2) is 0 Å². The Kier molecular flexibility index (Phi) is 4.36. The Bertz CT molecular complexity index is 955. The number of para-hydroxylation sites is 1. The van der Waals surface area contributed by atoms with Crippen LogP contribution >= 0.6 is 0 Å². The van der Waals surface area contributed by atoms with Crippen molar-refractivity contribution in [3.8, 4) is 17.2 Å². The van der Waals surface area contributed by atoms with Crippen LogP contribution in [-0.4, -0.2) is 18.8 Å². The number of aromatic hydroxyl groups is 1. The van der Waals surface area contributed by atoms with Gasteiger partial charge in [0.05, 0.1) is 13.7 Å². The first kappa shape index (κ1) is 16.3. The zero-order valence-electron chi connectivity index (χ0n) is 14.6. The summed E-state index contributed by atoms with van der Waals surface area (Å²) in [5, 5.41) is 9.70. The lowest BCUT2D eigenvalue weighted by Crippen LogP contribution is -1.97. The normalized spacial score (nSPS) is 13.6. The van der Waals surface area contributed by atoms with Crippen LogP contribution in [0.5, 0.6) is 17.2 Å². The first-order chi connectivity index (χ1) is 12.8. The fraction of sp³-hybridized carbons (Fsp3) is 0.130. The van der Waals surface area contributed by atoms with E-state index >= 15 is 0 Å². The van der Waals surface area contributed by atoms with E-state index in [1.165, 1.54) is 5.57 Å². The van der Waals surface area contributed by atoms with Crippen molar-refractivity contribution in [2.45, 2.75) is 6.42 Å². The van der Waals surface area contributed by atoms with E-state index in [1.807, 2.05) is 42.5 Å². The summed E-state index contributed by atoms with van der Waals surface area (Å²) in [6.45, 7) is 0.616. The Labute approximate surface area is 153 Å². The topological polar surface area (TPSA) is 38.7 Å². The van der Waals surface area contributed by atoms with Crippen LogP contribution in [0.2, 0.25) is 0 Å². The van der Waals surface area contributed by atoms with E-state index < -0.39 is 0 Å². The van der Waals surface area contributed by atoms with Crippen LogP contribution in [0.1, 0.15) is 23.1 Å². The van der Waals surface area contributed by atoms with E-state index in [2.05, 4.69) is 18.2 Å². The van der Waals surface area contributed by atoms with Crippen molar-refractivity contribution in [2.24, 2.45) is 0 Å². The Hall–Kier alpha value is -3.20. The van der Waals surface area contributed by atoms with Gasteiger partial charge in [-0.3, -0.25) is 0 Å². The summed E-state index contributed by atoms with van der Waals surface area (Å²) in [5.74, 6) is 1.97. The zero-order valence-corrected chi connectivity index (χ0v) is 14.6. The highest BCUT2D eigenvalue weighted by molar-refractivity contribution is 6.00. The molecule has 0 aromatic heterocycles. The molecule has 0 unspecified atom stereocenters. The van der Waals surface area contributed by atoms with E-state index in [0.29, 0.717) is 6.61 Å². The number of ether oxygens (including phenoxy) is 2. The van der Waals surface area contributed by atoms with Crippen molar-refractivity contribution in [3.05, 3.63) is 89.5 Å². The molecule has 0 spiro atoms. The molecular formula is C23H20O3. The number of phenolic OH excluding ortho intramolecular Hbond substituents is 1. The van der Waals surface area contributed by atoms with Crippen molar-refractivity contribution in [2.75, 3.05) is 13.7 Å². The maximum atomic E-state index is 9.70. The number of hydrogen-bond donors (Lipinski definition) is 1. The lowest BCUT2D eigenvalue weighted by molar-refractivity contribution is 0.328. The van der Waals surface area contributed by atoms with E-state index in [9.17, 15) is 5.11 Å². The predicted molar refractivity (Wildman–Crippen MR) is 104 cm³/mol. The molecule has 0 fully saturated rings. The molecule has 1 heterocycles. The molecule has 3 heteroatoms. The Morgan fingerprint density at radius 1 is 0.885 bits per heavy atom. The van der Waals surface area contributed by atoms with Gasteiger partial charge in [0.1, 0.15) is 17.2 Å².